The number of carbonyl (C=O) groups is 3. The molecule has 1 aromatic carbocycles. The van der Waals surface area contributed by atoms with Gasteiger partial charge in [0.05, 0.1) is 11.6 Å². The first kappa shape index (κ1) is 22.0. The number of hydrogen-bond acceptors (Lipinski definition) is 5. The van der Waals surface area contributed by atoms with Crippen LogP contribution in [0.15, 0.2) is 42.5 Å². The molecule has 7 heteroatoms. The van der Waals surface area contributed by atoms with Crippen LogP contribution in [0.1, 0.15) is 66.4 Å². The number of imide groups is 1. The monoisotopic (exact) mass is 449 g/mol. The van der Waals surface area contributed by atoms with Crippen LogP contribution in [0.3, 0.4) is 0 Å². The van der Waals surface area contributed by atoms with E-state index in [9.17, 15) is 19.5 Å². The molecule has 3 unspecified atom stereocenters. The molecule has 0 spiro atoms. The first-order valence-electron chi connectivity index (χ1n) is 12.0. The molecular weight excluding hydrogens is 418 g/mol. The lowest BCUT2D eigenvalue weighted by Gasteiger charge is -2.48. The summed E-state index contributed by atoms with van der Waals surface area (Å²) in [4.78, 5) is 40.7. The van der Waals surface area contributed by atoms with Crippen molar-refractivity contribution in [3.63, 3.8) is 0 Å². The maximum atomic E-state index is 12.9. The van der Waals surface area contributed by atoms with E-state index in [0.717, 1.165) is 37.9 Å². The van der Waals surface area contributed by atoms with Gasteiger partial charge in [0, 0.05) is 18.5 Å². The first-order chi connectivity index (χ1) is 15.9. The number of hydrogen-bond donors (Lipinski definition) is 2. The minimum absolute atomic E-state index is 0.128. The van der Waals surface area contributed by atoms with Crippen molar-refractivity contribution < 1.29 is 19.5 Å². The van der Waals surface area contributed by atoms with Crippen LogP contribution in [0.2, 0.25) is 0 Å². The maximum Gasteiger partial charge on any atom is 0.255 e. The highest BCUT2D eigenvalue weighted by atomic mass is 16.3. The summed E-state index contributed by atoms with van der Waals surface area (Å²) in [5.74, 6) is -0.373. The van der Waals surface area contributed by atoms with Crippen molar-refractivity contribution in [2.75, 3.05) is 13.1 Å². The second-order valence-corrected chi connectivity index (χ2v) is 9.61. The Morgan fingerprint density at radius 1 is 1.12 bits per heavy atom. The zero-order valence-electron chi connectivity index (χ0n) is 19.0. The third-order valence-corrected chi connectivity index (χ3v) is 7.97. The maximum absolute atomic E-state index is 12.9. The standard InChI is InChI=1S/C26H31N3O4/c1-2-26(12-4-3-5-22(26)30)28-13-10-17(11-14-28)18-6-7-20-19(15-18)16-29(25(20)33)21-8-9-23(31)27-24(21)32/h3-7,12,15,17,21-22,30H,2,8-11,13-14,16H2,1H3,(H,27,31,32). The Bertz CT molecular complexity index is 1040. The fourth-order valence-electron chi connectivity index (χ4n) is 5.98. The molecule has 3 atom stereocenters. The van der Waals surface area contributed by atoms with Gasteiger partial charge in [0.2, 0.25) is 11.8 Å². The highest BCUT2D eigenvalue weighted by molar-refractivity contribution is 6.05. The Labute approximate surface area is 194 Å². The van der Waals surface area contributed by atoms with Crippen LogP contribution in [0.4, 0.5) is 0 Å². The molecule has 1 aliphatic carbocycles. The summed E-state index contributed by atoms with van der Waals surface area (Å²) >= 11 is 0. The number of amides is 3. The number of carbonyl (C=O) groups excluding carboxylic acids is 3. The van der Waals surface area contributed by atoms with Crippen molar-refractivity contribution in [2.45, 2.75) is 69.2 Å². The van der Waals surface area contributed by atoms with E-state index in [-0.39, 0.29) is 29.7 Å². The highest BCUT2D eigenvalue weighted by Gasteiger charge is 2.42. The number of aliphatic hydroxyl groups excluding tert-OH is 1. The van der Waals surface area contributed by atoms with Crippen molar-refractivity contribution in [2.24, 2.45) is 0 Å². The van der Waals surface area contributed by atoms with Crippen LogP contribution >= 0.6 is 0 Å². The minimum Gasteiger partial charge on any atom is -0.387 e. The number of likely N-dealkylation sites (tertiary alicyclic amines) is 1. The Hall–Kier alpha value is -2.77. The van der Waals surface area contributed by atoms with Crippen LogP contribution in [0.25, 0.3) is 0 Å². The number of rotatable bonds is 4. The van der Waals surface area contributed by atoms with Crippen molar-refractivity contribution in [1.29, 1.82) is 0 Å². The quantitative estimate of drug-likeness (QED) is 0.689. The van der Waals surface area contributed by atoms with Crippen molar-refractivity contribution in [3.8, 4) is 0 Å². The van der Waals surface area contributed by atoms with Crippen LogP contribution < -0.4 is 5.32 Å². The molecule has 33 heavy (non-hydrogen) atoms. The highest BCUT2D eigenvalue weighted by Crippen LogP contribution is 2.38. The first-order valence-corrected chi connectivity index (χ1v) is 12.0. The predicted octanol–water partition coefficient (Wildman–Crippen LogP) is 2.26. The Morgan fingerprint density at radius 2 is 1.91 bits per heavy atom. The summed E-state index contributed by atoms with van der Waals surface area (Å²) in [6.07, 6.45) is 11.0. The van der Waals surface area contributed by atoms with E-state index in [1.807, 2.05) is 24.3 Å². The fourth-order valence-corrected chi connectivity index (χ4v) is 5.98. The van der Waals surface area contributed by atoms with Crippen LogP contribution in [-0.4, -0.2) is 63.4 Å². The third kappa shape index (κ3) is 3.73. The zero-order chi connectivity index (χ0) is 23.2. The third-order valence-electron chi connectivity index (χ3n) is 7.97. The number of piperidine rings is 2. The molecule has 2 N–H and O–H groups in total. The van der Waals surface area contributed by atoms with E-state index in [1.165, 1.54) is 5.56 Å². The van der Waals surface area contributed by atoms with Crippen molar-refractivity contribution in [3.05, 3.63) is 59.2 Å². The molecule has 0 saturated carbocycles. The van der Waals surface area contributed by atoms with Crippen molar-refractivity contribution >= 4 is 17.7 Å². The van der Waals surface area contributed by atoms with Gasteiger partial charge in [-0.3, -0.25) is 24.6 Å². The van der Waals surface area contributed by atoms with E-state index in [0.29, 0.717) is 24.4 Å². The van der Waals surface area contributed by atoms with Gasteiger partial charge in [0.1, 0.15) is 6.04 Å². The molecule has 174 valence electrons. The Balaban J connectivity index is 1.28. The average molecular weight is 450 g/mol. The molecular formula is C26H31N3O4. The summed E-state index contributed by atoms with van der Waals surface area (Å²) < 4.78 is 0. The molecule has 2 saturated heterocycles. The normalized spacial score (nSPS) is 30.6. The van der Waals surface area contributed by atoms with E-state index < -0.39 is 12.1 Å². The van der Waals surface area contributed by atoms with Crippen LogP contribution in [-0.2, 0) is 16.1 Å². The topological polar surface area (TPSA) is 90.0 Å². The number of nitrogens with zero attached hydrogens (tertiary/aromatic N) is 2. The molecule has 4 aliphatic rings. The van der Waals surface area contributed by atoms with Gasteiger partial charge in [-0.15, -0.1) is 0 Å². The summed E-state index contributed by atoms with van der Waals surface area (Å²) in [5, 5.41) is 13.0. The van der Waals surface area contributed by atoms with Crippen molar-refractivity contribution in [1.82, 2.24) is 15.1 Å². The van der Waals surface area contributed by atoms with E-state index in [2.05, 4.69) is 35.3 Å². The average Bonchev–Trinajstić information content (AvgIpc) is 3.15. The molecule has 0 bridgehead atoms. The molecule has 3 aliphatic heterocycles. The summed E-state index contributed by atoms with van der Waals surface area (Å²) in [6.45, 7) is 4.36. The zero-order valence-corrected chi connectivity index (χ0v) is 19.0. The largest absolute Gasteiger partial charge is 0.387 e. The lowest BCUT2D eigenvalue weighted by atomic mass is 9.80. The van der Waals surface area contributed by atoms with Gasteiger partial charge in [0.15, 0.2) is 0 Å². The molecule has 3 heterocycles. The molecule has 2 fully saturated rings. The number of fused-ring (bicyclic) bond motifs is 1. The SMILES string of the molecule is CCC1(N2CCC(c3ccc4c(c3)CN(C3CCC(=O)NC3=O)C4=O)CC2)C=CC=CC1O. The Kier molecular flexibility index (Phi) is 5.70. The molecule has 7 nitrogen and oxygen atoms in total. The van der Waals surface area contributed by atoms with E-state index in [1.54, 1.807) is 4.90 Å². The number of aliphatic hydroxyl groups is 1. The summed E-state index contributed by atoms with van der Waals surface area (Å²) in [5.41, 5.74) is 2.53. The molecule has 0 aromatic heterocycles. The second kappa shape index (κ2) is 8.54. The van der Waals surface area contributed by atoms with Gasteiger partial charge in [-0.25, -0.2) is 0 Å². The van der Waals surface area contributed by atoms with Gasteiger partial charge in [-0.1, -0.05) is 43.4 Å². The van der Waals surface area contributed by atoms with Gasteiger partial charge >= 0.3 is 0 Å². The smallest absolute Gasteiger partial charge is 0.255 e. The molecule has 0 radical (unpaired) electrons. The van der Waals surface area contributed by atoms with Gasteiger partial charge in [-0.05, 0) is 61.9 Å². The number of nitrogens with one attached hydrogen (secondary N) is 1. The van der Waals surface area contributed by atoms with Crippen LogP contribution in [0.5, 0.6) is 0 Å². The second-order valence-electron chi connectivity index (χ2n) is 9.61. The minimum atomic E-state index is -0.580. The predicted molar refractivity (Wildman–Crippen MR) is 123 cm³/mol. The molecule has 3 amide bonds. The number of benzene rings is 1. The fraction of sp³-hybridized carbons (Fsp3) is 0.500. The van der Waals surface area contributed by atoms with E-state index in [4.69, 9.17) is 0 Å². The lowest BCUT2D eigenvalue weighted by Crippen LogP contribution is -2.57. The van der Waals surface area contributed by atoms with E-state index >= 15 is 0 Å². The summed E-state index contributed by atoms with van der Waals surface area (Å²) in [6, 6.07) is 5.51. The number of allylic oxidation sites excluding steroid dienone is 2. The summed E-state index contributed by atoms with van der Waals surface area (Å²) in [7, 11) is 0. The lowest BCUT2D eigenvalue weighted by molar-refractivity contribution is -0.136. The Morgan fingerprint density at radius 3 is 2.61 bits per heavy atom. The van der Waals surface area contributed by atoms with Gasteiger partial charge < -0.3 is 10.0 Å². The molecule has 1 aromatic rings. The molecule has 5 rings (SSSR count). The van der Waals surface area contributed by atoms with Crippen LogP contribution in [0, 0.1) is 0 Å². The van der Waals surface area contributed by atoms with Gasteiger partial charge in [-0.2, -0.15) is 0 Å². The van der Waals surface area contributed by atoms with Gasteiger partial charge in [0.25, 0.3) is 5.91 Å².